The Kier molecular flexibility index (Phi) is 6.55. The van der Waals surface area contributed by atoms with Crippen LogP contribution in [0.3, 0.4) is 0 Å². The number of aryl methyl sites for hydroxylation is 2. The van der Waals surface area contributed by atoms with Crippen molar-refractivity contribution in [3.05, 3.63) is 58.6 Å². The summed E-state index contributed by atoms with van der Waals surface area (Å²) in [6.45, 7) is 4.95. The van der Waals surface area contributed by atoms with Crippen LogP contribution in [0.25, 0.3) is 0 Å². The first-order valence-corrected chi connectivity index (χ1v) is 8.82. The molecule has 0 radical (unpaired) electrons. The van der Waals surface area contributed by atoms with Gasteiger partial charge in [0, 0.05) is 27.9 Å². The number of halogens is 1. The van der Waals surface area contributed by atoms with Gasteiger partial charge in [-0.05, 0) is 67.5 Å². The minimum atomic E-state index is 0.658. The molecule has 0 fully saturated rings. The predicted molar refractivity (Wildman–Crippen MR) is 102 cm³/mol. The number of hydrogen-bond donors (Lipinski definition) is 2. The summed E-state index contributed by atoms with van der Waals surface area (Å²) in [6.07, 6.45) is 0. The third-order valence-corrected chi connectivity index (χ3v) is 4.62. The lowest BCUT2D eigenvalue weighted by Gasteiger charge is -2.13. The number of thiocarbonyl (C=S) groups is 1. The summed E-state index contributed by atoms with van der Waals surface area (Å²) in [5.74, 6) is 0.941. The van der Waals surface area contributed by atoms with Crippen molar-refractivity contribution >= 4 is 46.4 Å². The molecule has 5 heteroatoms. The summed E-state index contributed by atoms with van der Waals surface area (Å²) in [5, 5.41) is 7.91. The van der Waals surface area contributed by atoms with E-state index in [4.69, 9.17) is 23.8 Å². The highest BCUT2D eigenvalue weighted by Gasteiger charge is 2.01. The van der Waals surface area contributed by atoms with Gasteiger partial charge in [-0.15, -0.1) is 11.8 Å². The predicted octanol–water partition coefficient (Wildman–Crippen LogP) is 5.04. The second kappa shape index (κ2) is 8.42. The standard InChI is InChI=1S/C17H19ClN2S2/c1-12-3-4-13(2)16(11-12)20-17(21)19-9-10-22-15-7-5-14(18)6-8-15/h3-8,11H,9-10H2,1-2H3,(H2,19,20,21). The zero-order chi connectivity index (χ0) is 15.9. The number of thioether (sulfide) groups is 1. The van der Waals surface area contributed by atoms with Crippen LogP contribution < -0.4 is 10.6 Å². The Balaban J connectivity index is 1.74. The highest BCUT2D eigenvalue weighted by molar-refractivity contribution is 7.99. The largest absolute Gasteiger partial charge is 0.362 e. The van der Waals surface area contributed by atoms with Crippen LogP contribution in [-0.2, 0) is 0 Å². The second-order valence-electron chi connectivity index (χ2n) is 5.00. The van der Waals surface area contributed by atoms with E-state index in [2.05, 4.69) is 42.7 Å². The Hall–Kier alpha value is -1.23. The third kappa shape index (κ3) is 5.52. The Morgan fingerprint density at radius 1 is 1.14 bits per heavy atom. The molecule has 0 heterocycles. The lowest BCUT2D eigenvalue weighted by Crippen LogP contribution is -2.30. The van der Waals surface area contributed by atoms with E-state index >= 15 is 0 Å². The Morgan fingerprint density at radius 3 is 2.59 bits per heavy atom. The third-order valence-electron chi connectivity index (χ3n) is 3.11. The van der Waals surface area contributed by atoms with E-state index in [-0.39, 0.29) is 0 Å². The monoisotopic (exact) mass is 350 g/mol. The average molecular weight is 351 g/mol. The van der Waals surface area contributed by atoms with Crippen LogP contribution in [0, 0.1) is 13.8 Å². The van der Waals surface area contributed by atoms with E-state index in [0.29, 0.717) is 5.11 Å². The van der Waals surface area contributed by atoms with Crippen molar-refractivity contribution in [2.24, 2.45) is 0 Å². The first-order valence-electron chi connectivity index (χ1n) is 7.05. The summed E-state index contributed by atoms with van der Waals surface area (Å²) in [7, 11) is 0. The molecule has 116 valence electrons. The molecule has 2 nitrogen and oxygen atoms in total. The number of rotatable bonds is 5. The molecule has 0 spiro atoms. The van der Waals surface area contributed by atoms with Gasteiger partial charge in [-0.1, -0.05) is 23.7 Å². The zero-order valence-electron chi connectivity index (χ0n) is 12.7. The Morgan fingerprint density at radius 2 is 1.86 bits per heavy atom. The Bertz CT molecular complexity index is 642. The Labute approximate surface area is 146 Å². The SMILES string of the molecule is Cc1ccc(C)c(NC(=S)NCCSc2ccc(Cl)cc2)c1. The number of benzene rings is 2. The van der Waals surface area contributed by atoms with E-state index in [1.807, 2.05) is 24.3 Å². The van der Waals surface area contributed by atoms with Crippen LogP contribution in [0.5, 0.6) is 0 Å². The van der Waals surface area contributed by atoms with Crippen LogP contribution in [0.1, 0.15) is 11.1 Å². The summed E-state index contributed by atoms with van der Waals surface area (Å²) < 4.78 is 0. The topological polar surface area (TPSA) is 24.1 Å². The van der Waals surface area contributed by atoms with Crippen molar-refractivity contribution in [3.8, 4) is 0 Å². The van der Waals surface area contributed by atoms with Gasteiger partial charge in [0.15, 0.2) is 5.11 Å². The van der Waals surface area contributed by atoms with E-state index in [1.54, 1.807) is 11.8 Å². The van der Waals surface area contributed by atoms with Gasteiger partial charge in [-0.3, -0.25) is 0 Å². The maximum absolute atomic E-state index is 5.87. The van der Waals surface area contributed by atoms with E-state index in [9.17, 15) is 0 Å². The maximum atomic E-state index is 5.87. The molecule has 0 saturated heterocycles. The van der Waals surface area contributed by atoms with E-state index < -0.39 is 0 Å². The van der Waals surface area contributed by atoms with Crippen molar-refractivity contribution in [1.82, 2.24) is 5.32 Å². The first-order chi connectivity index (χ1) is 10.5. The summed E-state index contributed by atoms with van der Waals surface area (Å²) >= 11 is 13.0. The highest BCUT2D eigenvalue weighted by atomic mass is 35.5. The molecule has 0 atom stereocenters. The van der Waals surface area contributed by atoms with Crippen LogP contribution >= 0.6 is 35.6 Å². The van der Waals surface area contributed by atoms with Crippen molar-refractivity contribution in [2.45, 2.75) is 18.7 Å². The molecule has 0 aliphatic rings. The molecule has 2 N–H and O–H groups in total. The number of nitrogens with one attached hydrogen (secondary N) is 2. The number of anilines is 1. The van der Waals surface area contributed by atoms with Gasteiger partial charge < -0.3 is 10.6 Å². The molecule has 0 amide bonds. The molecule has 2 aromatic carbocycles. The summed E-state index contributed by atoms with van der Waals surface area (Å²) in [5.41, 5.74) is 3.46. The van der Waals surface area contributed by atoms with Crippen molar-refractivity contribution in [2.75, 3.05) is 17.6 Å². The molecule has 2 aromatic rings. The maximum Gasteiger partial charge on any atom is 0.170 e. The quantitative estimate of drug-likeness (QED) is 0.448. The molecule has 0 aliphatic heterocycles. The molecule has 2 rings (SSSR count). The summed E-state index contributed by atoms with van der Waals surface area (Å²) in [6, 6.07) is 14.2. The number of hydrogen-bond acceptors (Lipinski definition) is 2. The zero-order valence-corrected chi connectivity index (χ0v) is 15.0. The van der Waals surface area contributed by atoms with Gasteiger partial charge in [0.2, 0.25) is 0 Å². The van der Waals surface area contributed by atoms with Gasteiger partial charge in [-0.2, -0.15) is 0 Å². The normalized spacial score (nSPS) is 10.3. The van der Waals surface area contributed by atoms with Crippen LogP contribution in [0.4, 0.5) is 5.69 Å². The highest BCUT2D eigenvalue weighted by Crippen LogP contribution is 2.20. The molecule has 0 aromatic heterocycles. The van der Waals surface area contributed by atoms with E-state index in [0.717, 1.165) is 23.0 Å². The molecule has 0 aliphatic carbocycles. The molecule has 22 heavy (non-hydrogen) atoms. The lowest BCUT2D eigenvalue weighted by molar-refractivity contribution is 0.989. The fraction of sp³-hybridized carbons (Fsp3) is 0.235. The van der Waals surface area contributed by atoms with Crippen LogP contribution in [-0.4, -0.2) is 17.4 Å². The second-order valence-corrected chi connectivity index (χ2v) is 7.01. The molecule has 0 bridgehead atoms. The fourth-order valence-electron chi connectivity index (χ4n) is 1.90. The van der Waals surface area contributed by atoms with Gasteiger partial charge in [-0.25, -0.2) is 0 Å². The average Bonchev–Trinajstić information content (AvgIpc) is 2.49. The van der Waals surface area contributed by atoms with Crippen molar-refractivity contribution in [1.29, 1.82) is 0 Å². The van der Waals surface area contributed by atoms with Crippen molar-refractivity contribution in [3.63, 3.8) is 0 Å². The molecular weight excluding hydrogens is 332 g/mol. The summed E-state index contributed by atoms with van der Waals surface area (Å²) in [4.78, 5) is 1.21. The minimum Gasteiger partial charge on any atom is -0.362 e. The molecule has 0 unspecified atom stereocenters. The van der Waals surface area contributed by atoms with Crippen LogP contribution in [0.2, 0.25) is 5.02 Å². The lowest BCUT2D eigenvalue weighted by atomic mass is 10.1. The van der Waals surface area contributed by atoms with Gasteiger partial charge in [0.25, 0.3) is 0 Å². The van der Waals surface area contributed by atoms with Gasteiger partial charge >= 0.3 is 0 Å². The van der Waals surface area contributed by atoms with Crippen molar-refractivity contribution < 1.29 is 0 Å². The fourth-order valence-corrected chi connectivity index (χ4v) is 3.01. The van der Waals surface area contributed by atoms with E-state index in [1.165, 1.54) is 16.0 Å². The minimum absolute atomic E-state index is 0.658. The first kappa shape index (κ1) is 17.1. The van der Waals surface area contributed by atoms with Crippen LogP contribution in [0.15, 0.2) is 47.4 Å². The smallest absolute Gasteiger partial charge is 0.170 e. The van der Waals surface area contributed by atoms with Gasteiger partial charge in [0.05, 0.1) is 0 Å². The molecular formula is C17H19ClN2S2. The molecule has 0 saturated carbocycles. The van der Waals surface area contributed by atoms with Gasteiger partial charge in [0.1, 0.15) is 0 Å².